The molecule has 2 aromatic carbocycles. The van der Waals surface area contributed by atoms with Crippen molar-refractivity contribution in [2.75, 3.05) is 56.9 Å². The third kappa shape index (κ3) is 4.98. The molecule has 2 aromatic heterocycles. The number of aromatic amines is 1. The Bertz CT molecular complexity index is 1620. The summed E-state index contributed by atoms with van der Waals surface area (Å²) in [6.07, 6.45) is 2.36. The second kappa shape index (κ2) is 10.8. The molecule has 3 heterocycles. The van der Waals surface area contributed by atoms with Gasteiger partial charge in [-0.15, -0.1) is 0 Å². The molecular weight excluding hydrogens is 522 g/mol. The monoisotopic (exact) mass is 550 g/mol. The predicted octanol–water partition coefficient (Wildman–Crippen LogP) is 3.54. The topological polar surface area (TPSA) is 128 Å². The average molecular weight is 551 g/mol. The molecular formula is C27H28F2N8O3. The van der Waals surface area contributed by atoms with Gasteiger partial charge in [-0.3, -0.25) is 9.59 Å². The highest BCUT2D eigenvalue weighted by molar-refractivity contribution is 6.02. The normalized spacial score (nSPS) is 12.5. The van der Waals surface area contributed by atoms with Crippen LogP contribution in [0, 0.1) is 11.6 Å². The fourth-order valence-electron chi connectivity index (χ4n) is 4.64. The molecule has 0 aliphatic carbocycles. The molecule has 1 aliphatic rings. The molecule has 4 aromatic rings. The number of hydrogen-bond donors (Lipinski definition) is 4. The second-order valence-corrected chi connectivity index (χ2v) is 9.46. The molecule has 13 heteroatoms. The van der Waals surface area contributed by atoms with E-state index in [-0.39, 0.29) is 29.9 Å². The average Bonchev–Trinajstić information content (AvgIpc) is 3.56. The van der Waals surface area contributed by atoms with E-state index in [9.17, 15) is 18.4 Å². The van der Waals surface area contributed by atoms with Crippen LogP contribution in [0.25, 0.3) is 11.0 Å². The first-order chi connectivity index (χ1) is 19.2. The third-order valence-electron chi connectivity index (χ3n) is 6.51. The molecule has 2 amide bonds. The standard InChI is InChI=1S/C27H28F2N8O3/c1-30-26(39)22-17(6-5-16(28)23(22)29)32-25-15-7-9-31-24(15)34-27(35-25)33-18-12-19-14(11-20(18)40-4)8-10-37(19)21(38)13-36(2)3/h5-7,9,11-12H,8,10,13H2,1-4H3,(H,30,39)(H3,31,32,33,34,35). The van der Waals surface area contributed by atoms with Crippen LogP contribution in [-0.2, 0) is 11.2 Å². The van der Waals surface area contributed by atoms with Gasteiger partial charge in [0, 0.05) is 25.5 Å². The van der Waals surface area contributed by atoms with Crippen LogP contribution in [-0.4, -0.2) is 73.0 Å². The Morgan fingerprint density at radius 2 is 1.93 bits per heavy atom. The number of aromatic nitrogens is 3. The van der Waals surface area contributed by atoms with E-state index in [1.54, 1.807) is 24.3 Å². The molecule has 4 N–H and O–H groups in total. The van der Waals surface area contributed by atoms with Gasteiger partial charge in [-0.1, -0.05) is 0 Å². The molecule has 0 bridgehead atoms. The van der Waals surface area contributed by atoms with E-state index in [4.69, 9.17) is 4.74 Å². The summed E-state index contributed by atoms with van der Waals surface area (Å²) in [5.74, 6) is -2.31. The lowest BCUT2D eigenvalue weighted by Gasteiger charge is -2.21. The number of nitrogens with zero attached hydrogens (tertiary/aromatic N) is 4. The fourth-order valence-corrected chi connectivity index (χ4v) is 4.64. The minimum Gasteiger partial charge on any atom is -0.495 e. The number of carbonyl (C=O) groups excluding carboxylic acids is 2. The van der Waals surface area contributed by atoms with Gasteiger partial charge in [0.25, 0.3) is 5.91 Å². The summed E-state index contributed by atoms with van der Waals surface area (Å²) in [7, 11) is 6.55. The summed E-state index contributed by atoms with van der Waals surface area (Å²) in [6.45, 7) is 0.841. The summed E-state index contributed by atoms with van der Waals surface area (Å²) >= 11 is 0. The van der Waals surface area contributed by atoms with Crippen LogP contribution in [0.15, 0.2) is 36.5 Å². The number of H-pyrrole nitrogens is 1. The number of carbonyl (C=O) groups is 2. The zero-order valence-corrected chi connectivity index (χ0v) is 22.4. The number of ether oxygens (including phenoxy) is 1. The molecule has 11 nitrogen and oxygen atoms in total. The van der Waals surface area contributed by atoms with Gasteiger partial charge in [-0.25, -0.2) is 8.78 Å². The van der Waals surface area contributed by atoms with Gasteiger partial charge < -0.3 is 35.5 Å². The van der Waals surface area contributed by atoms with Crippen molar-refractivity contribution < 1.29 is 23.1 Å². The summed E-state index contributed by atoms with van der Waals surface area (Å²) in [4.78, 5) is 40.9. The number of methoxy groups -OCH3 is 1. The molecule has 208 valence electrons. The van der Waals surface area contributed by atoms with Gasteiger partial charge in [0.05, 0.1) is 30.4 Å². The molecule has 0 spiro atoms. The Kier molecular flexibility index (Phi) is 7.22. The maximum atomic E-state index is 14.6. The lowest BCUT2D eigenvalue weighted by Crippen LogP contribution is -2.36. The summed E-state index contributed by atoms with van der Waals surface area (Å²) < 4.78 is 34.2. The van der Waals surface area contributed by atoms with Gasteiger partial charge in [-0.05, 0) is 56.4 Å². The first kappa shape index (κ1) is 26.8. The van der Waals surface area contributed by atoms with Gasteiger partial charge in [0.2, 0.25) is 11.9 Å². The smallest absolute Gasteiger partial charge is 0.256 e. The Morgan fingerprint density at radius 1 is 1.12 bits per heavy atom. The highest BCUT2D eigenvalue weighted by atomic mass is 19.2. The molecule has 0 atom stereocenters. The number of fused-ring (bicyclic) bond motifs is 2. The summed E-state index contributed by atoms with van der Waals surface area (Å²) in [5.41, 5.74) is 2.27. The van der Waals surface area contributed by atoms with E-state index in [2.05, 4.69) is 30.9 Å². The Morgan fingerprint density at radius 3 is 2.65 bits per heavy atom. The number of rotatable bonds is 8. The molecule has 0 fully saturated rings. The molecule has 1 aliphatic heterocycles. The lowest BCUT2D eigenvalue weighted by molar-refractivity contribution is -0.119. The van der Waals surface area contributed by atoms with Crippen LogP contribution in [0.2, 0.25) is 0 Å². The Hall–Kier alpha value is -4.78. The van der Waals surface area contributed by atoms with Crippen molar-refractivity contribution in [3.63, 3.8) is 0 Å². The number of anilines is 5. The van der Waals surface area contributed by atoms with Crippen molar-refractivity contribution in [1.82, 2.24) is 25.2 Å². The number of hydrogen-bond acceptors (Lipinski definition) is 8. The summed E-state index contributed by atoms with van der Waals surface area (Å²) in [5, 5.41) is 9.00. The largest absolute Gasteiger partial charge is 0.495 e. The molecule has 0 unspecified atom stereocenters. The number of nitrogens with one attached hydrogen (secondary N) is 4. The van der Waals surface area contributed by atoms with Gasteiger partial charge in [0.1, 0.15) is 22.8 Å². The zero-order chi connectivity index (χ0) is 28.6. The second-order valence-electron chi connectivity index (χ2n) is 9.46. The number of halogens is 2. The van der Waals surface area contributed by atoms with Crippen LogP contribution in [0.1, 0.15) is 15.9 Å². The first-order valence-electron chi connectivity index (χ1n) is 12.5. The van der Waals surface area contributed by atoms with Crippen LogP contribution >= 0.6 is 0 Å². The van der Waals surface area contributed by atoms with Crippen LogP contribution in [0.4, 0.5) is 37.6 Å². The first-order valence-corrected chi connectivity index (χ1v) is 12.5. The molecule has 0 radical (unpaired) electrons. The predicted molar refractivity (Wildman–Crippen MR) is 148 cm³/mol. The fraction of sp³-hybridized carbons (Fsp3) is 0.259. The molecule has 5 rings (SSSR count). The quantitative estimate of drug-likeness (QED) is 0.262. The van der Waals surface area contributed by atoms with E-state index in [0.29, 0.717) is 35.4 Å². The minimum atomic E-state index is -1.28. The van der Waals surface area contributed by atoms with Gasteiger partial charge >= 0.3 is 0 Å². The van der Waals surface area contributed by atoms with Crippen molar-refractivity contribution in [1.29, 1.82) is 0 Å². The van der Waals surface area contributed by atoms with Crippen molar-refractivity contribution in [3.05, 3.63) is 59.3 Å². The number of amides is 2. The van der Waals surface area contributed by atoms with E-state index < -0.39 is 23.1 Å². The van der Waals surface area contributed by atoms with Gasteiger partial charge in [0.15, 0.2) is 11.6 Å². The van der Waals surface area contributed by atoms with Crippen LogP contribution in [0.3, 0.4) is 0 Å². The van der Waals surface area contributed by atoms with Gasteiger partial charge in [-0.2, -0.15) is 9.97 Å². The Balaban J connectivity index is 1.53. The van der Waals surface area contributed by atoms with Crippen LogP contribution < -0.4 is 25.6 Å². The highest BCUT2D eigenvalue weighted by Crippen LogP contribution is 2.39. The van der Waals surface area contributed by atoms with Crippen molar-refractivity contribution in [3.8, 4) is 5.75 Å². The van der Waals surface area contributed by atoms with E-state index in [1.165, 1.54) is 13.1 Å². The van der Waals surface area contributed by atoms with Crippen molar-refractivity contribution >= 4 is 51.7 Å². The van der Waals surface area contributed by atoms with E-state index >= 15 is 0 Å². The maximum Gasteiger partial charge on any atom is 0.256 e. The van der Waals surface area contributed by atoms with Crippen molar-refractivity contribution in [2.24, 2.45) is 0 Å². The lowest BCUT2D eigenvalue weighted by atomic mass is 10.1. The minimum absolute atomic E-state index is 0.0196. The Labute approximate surface area is 228 Å². The number of likely N-dealkylation sites (N-methyl/N-ethyl adjacent to an activating group) is 1. The highest BCUT2D eigenvalue weighted by Gasteiger charge is 2.27. The maximum absolute atomic E-state index is 14.6. The van der Waals surface area contributed by atoms with Crippen molar-refractivity contribution in [2.45, 2.75) is 6.42 Å². The van der Waals surface area contributed by atoms with E-state index in [1.807, 2.05) is 31.1 Å². The SMILES string of the molecule is CNC(=O)c1c(Nc2nc(Nc3cc4c(cc3OC)CCN4C(=O)CN(C)C)nc3[nH]ccc23)ccc(F)c1F. The third-order valence-corrected chi connectivity index (χ3v) is 6.51. The molecule has 0 saturated heterocycles. The summed E-state index contributed by atoms with van der Waals surface area (Å²) in [6, 6.07) is 7.61. The number of benzene rings is 2. The molecule has 40 heavy (non-hydrogen) atoms. The zero-order valence-electron chi connectivity index (χ0n) is 22.4. The van der Waals surface area contributed by atoms with E-state index in [0.717, 1.165) is 17.3 Å². The van der Waals surface area contributed by atoms with Crippen LogP contribution in [0.5, 0.6) is 5.75 Å². The molecule has 0 saturated carbocycles.